The van der Waals surface area contributed by atoms with E-state index in [1.54, 1.807) is 18.3 Å². The first-order valence-corrected chi connectivity index (χ1v) is 6.04. The van der Waals surface area contributed by atoms with Crippen LogP contribution in [0.3, 0.4) is 0 Å². The lowest BCUT2D eigenvalue weighted by atomic mass is 10.2. The Morgan fingerprint density at radius 2 is 2.17 bits per heavy atom. The van der Waals surface area contributed by atoms with E-state index < -0.39 is 4.92 Å². The Morgan fingerprint density at radius 3 is 2.83 bits per heavy atom. The van der Waals surface area contributed by atoms with E-state index in [-0.39, 0.29) is 5.69 Å². The maximum atomic E-state index is 10.9. The molecule has 0 amide bonds. The van der Waals surface area contributed by atoms with Crippen LogP contribution in [0.1, 0.15) is 5.69 Å². The van der Waals surface area contributed by atoms with Gasteiger partial charge in [0.2, 0.25) is 0 Å². The molecule has 0 aliphatic heterocycles. The monoisotopic (exact) mass is 307 g/mol. The van der Waals surface area contributed by atoms with E-state index in [1.165, 1.54) is 6.07 Å². The van der Waals surface area contributed by atoms with Gasteiger partial charge in [0.25, 0.3) is 5.69 Å². The number of pyridine rings is 1. The van der Waals surface area contributed by atoms with Gasteiger partial charge in [-0.2, -0.15) is 0 Å². The summed E-state index contributed by atoms with van der Waals surface area (Å²) in [5.41, 5.74) is 1.35. The average Bonchev–Trinajstić information content (AvgIpc) is 2.37. The molecule has 2 rings (SSSR count). The minimum atomic E-state index is -0.410. The lowest BCUT2D eigenvalue weighted by Gasteiger charge is -2.07. The van der Waals surface area contributed by atoms with Crippen LogP contribution in [0.4, 0.5) is 11.4 Å². The Kier molecular flexibility index (Phi) is 3.88. The van der Waals surface area contributed by atoms with Gasteiger partial charge in [-0.05, 0) is 24.3 Å². The first-order chi connectivity index (χ1) is 8.66. The summed E-state index contributed by atoms with van der Waals surface area (Å²) in [6.07, 6.45) is 1.69. The summed E-state index contributed by atoms with van der Waals surface area (Å²) in [5, 5.41) is 13.9. The first kappa shape index (κ1) is 12.5. The molecule has 0 bridgehead atoms. The van der Waals surface area contributed by atoms with Gasteiger partial charge >= 0.3 is 0 Å². The number of benzene rings is 1. The maximum absolute atomic E-state index is 10.9. The lowest BCUT2D eigenvalue weighted by molar-refractivity contribution is -0.384. The van der Waals surface area contributed by atoms with E-state index in [0.29, 0.717) is 12.2 Å². The summed E-state index contributed by atoms with van der Waals surface area (Å²) in [6.45, 7) is 0.443. The Hall–Kier alpha value is -1.95. The van der Waals surface area contributed by atoms with Crippen molar-refractivity contribution in [3.63, 3.8) is 0 Å². The number of nitro groups is 1. The van der Waals surface area contributed by atoms with E-state index in [1.807, 2.05) is 18.2 Å². The molecule has 0 aliphatic carbocycles. The molecule has 0 unspecified atom stereocenters. The summed E-state index contributed by atoms with van der Waals surface area (Å²) < 4.78 is 0.789. The molecule has 0 atom stereocenters. The van der Waals surface area contributed by atoms with E-state index in [9.17, 15) is 10.1 Å². The third-order valence-corrected chi connectivity index (χ3v) is 2.83. The minimum absolute atomic E-state index is 0.0501. The number of halogens is 1. The van der Waals surface area contributed by atoms with Crippen LogP contribution in [0.25, 0.3) is 0 Å². The molecule has 0 aliphatic rings. The summed E-state index contributed by atoms with van der Waals surface area (Å²) in [6, 6.07) is 10.3. The largest absolute Gasteiger partial charge is 0.374 e. The highest BCUT2D eigenvalue weighted by atomic mass is 79.9. The van der Waals surface area contributed by atoms with Crippen molar-refractivity contribution in [3.05, 3.63) is 62.9 Å². The van der Waals surface area contributed by atoms with Crippen molar-refractivity contribution in [2.45, 2.75) is 6.54 Å². The second-order valence-electron chi connectivity index (χ2n) is 3.59. The van der Waals surface area contributed by atoms with Crippen LogP contribution >= 0.6 is 15.9 Å². The van der Waals surface area contributed by atoms with Crippen LogP contribution in [-0.4, -0.2) is 9.91 Å². The fourth-order valence-electron chi connectivity index (χ4n) is 1.50. The van der Waals surface area contributed by atoms with E-state index in [4.69, 9.17) is 0 Å². The Bertz CT molecular complexity index is 561. The van der Waals surface area contributed by atoms with Crippen LogP contribution in [0.5, 0.6) is 0 Å². The molecule has 0 spiro atoms. The molecule has 18 heavy (non-hydrogen) atoms. The molecule has 92 valence electrons. The van der Waals surface area contributed by atoms with E-state index in [2.05, 4.69) is 26.2 Å². The van der Waals surface area contributed by atoms with Crippen molar-refractivity contribution >= 4 is 27.3 Å². The topological polar surface area (TPSA) is 68.1 Å². The summed E-state index contributed by atoms with van der Waals surface area (Å²) in [4.78, 5) is 14.6. The highest BCUT2D eigenvalue weighted by molar-refractivity contribution is 9.10. The smallest absolute Gasteiger partial charge is 0.292 e. The zero-order valence-electron chi connectivity index (χ0n) is 9.34. The van der Waals surface area contributed by atoms with Gasteiger partial charge in [0, 0.05) is 16.7 Å². The number of anilines is 1. The van der Waals surface area contributed by atoms with Gasteiger partial charge in [0.1, 0.15) is 5.69 Å². The molecule has 1 N–H and O–H groups in total. The Labute approximate surface area is 112 Å². The van der Waals surface area contributed by atoms with Crippen molar-refractivity contribution in [1.82, 2.24) is 4.98 Å². The molecule has 0 radical (unpaired) electrons. The summed E-state index contributed by atoms with van der Waals surface area (Å²) in [5.74, 6) is 0. The molecule has 0 saturated carbocycles. The molecule has 6 heteroatoms. The molecular weight excluding hydrogens is 298 g/mol. The van der Waals surface area contributed by atoms with E-state index >= 15 is 0 Å². The van der Waals surface area contributed by atoms with Crippen molar-refractivity contribution in [1.29, 1.82) is 0 Å². The van der Waals surface area contributed by atoms with Gasteiger partial charge in [0.05, 0.1) is 17.2 Å². The van der Waals surface area contributed by atoms with Gasteiger partial charge < -0.3 is 5.32 Å². The molecule has 1 aromatic carbocycles. The van der Waals surface area contributed by atoms with Crippen molar-refractivity contribution in [2.75, 3.05) is 5.32 Å². The Morgan fingerprint density at radius 1 is 1.33 bits per heavy atom. The van der Waals surface area contributed by atoms with E-state index in [0.717, 1.165) is 10.2 Å². The fourth-order valence-corrected chi connectivity index (χ4v) is 1.86. The predicted octanol–water partition coefficient (Wildman–Crippen LogP) is 3.36. The average molecular weight is 308 g/mol. The fraction of sp³-hybridized carbons (Fsp3) is 0.0833. The third kappa shape index (κ3) is 3.04. The molecule has 1 heterocycles. The lowest BCUT2D eigenvalue weighted by Crippen LogP contribution is -2.03. The number of rotatable bonds is 4. The van der Waals surface area contributed by atoms with Gasteiger partial charge in [-0.3, -0.25) is 15.1 Å². The van der Waals surface area contributed by atoms with Crippen molar-refractivity contribution in [2.24, 2.45) is 0 Å². The number of aromatic nitrogens is 1. The molecule has 5 nitrogen and oxygen atoms in total. The second kappa shape index (κ2) is 5.59. The van der Waals surface area contributed by atoms with Gasteiger partial charge in [-0.25, -0.2) is 0 Å². The SMILES string of the molecule is O=[N+]([O-])c1ccc(Br)cc1NCc1ccccn1. The maximum Gasteiger partial charge on any atom is 0.292 e. The quantitative estimate of drug-likeness (QED) is 0.694. The highest BCUT2D eigenvalue weighted by Crippen LogP contribution is 2.28. The van der Waals surface area contributed by atoms with Crippen LogP contribution in [-0.2, 0) is 6.54 Å². The second-order valence-corrected chi connectivity index (χ2v) is 4.51. The normalized spacial score (nSPS) is 10.1. The summed E-state index contributed by atoms with van der Waals surface area (Å²) >= 11 is 3.29. The van der Waals surface area contributed by atoms with Crippen LogP contribution in [0.2, 0.25) is 0 Å². The molecule has 0 saturated heterocycles. The van der Waals surface area contributed by atoms with Crippen LogP contribution in [0.15, 0.2) is 47.1 Å². The predicted molar refractivity (Wildman–Crippen MR) is 72.4 cm³/mol. The highest BCUT2D eigenvalue weighted by Gasteiger charge is 2.13. The molecule has 2 aromatic rings. The molecule has 0 fully saturated rings. The van der Waals surface area contributed by atoms with Crippen LogP contribution < -0.4 is 5.32 Å². The first-order valence-electron chi connectivity index (χ1n) is 5.24. The minimum Gasteiger partial charge on any atom is -0.374 e. The number of hydrogen-bond donors (Lipinski definition) is 1. The summed E-state index contributed by atoms with van der Waals surface area (Å²) in [7, 11) is 0. The molecule has 1 aromatic heterocycles. The van der Waals surface area contributed by atoms with Gasteiger partial charge in [0.15, 0.2) is 0 Å². The zero-order chi connectivity index (χ0) is 13.0. The third-order valence-electron chi connectivity index (χ3n) is 2.34. The number of nitrogens with zero attached hydrogens (tertiary/aromatic N) is 2. The van der Waals surface area contributed by atoms with Gasteiger partial charge in [-0.1, -0.05) is 22.0 Å². The Balaban J connectivity index is 2.18. The standard InChI is InChI=1S/C12H10BrN3O2/c13-9-4-5-12(16(17)18)11(7-9)15-8-10-3-1-2-6-14-10/h1-7,15H,8H2. The number of nitrogens with one attached hydrogen (secondary N) is 1. The number of nitro benzene ring substituents is 1. The van der Waals surface area contributed by atoms with Crippen LogP contribution in [0, 0.1) is 10.1 Å². The molecular formula is C12H10BrN3O2. The number of hydrogen-bond acceptors (Lipinski definition) is 4. The van der Waals surface area contributed by atoms with Gasteiger partial charge in [-0.15, -0.1) is 0 Å². The van der Waals surface area contributed by atoms with Crippen molar-refractivity contribution in [3.8, 4) is 0 Å². The zero-order valence-corrected chi connectivity index (χ0v) is 10.9. The van der Waals surface area contributed by atoms with Crippen molar-refractivity contribution < 1.29 is 4.92 Å².